The maximum Gasteiger partial charge on any atom is 0.319 e. The average molecular weight is 372 g/mol. The van der Waals surface area contributed by atoms with E-state index in [4.69, 9.17) is 23.2 Å². The van der Waals surface area contributed by atoms with Crippen LogP contribution in [0.15, 0.2) is 73.1 Å². The summed E-state index contributed by atoms with van der Waals surface area (Å²) in [6.07, 6.45) is 3.40. The summed E-state index contributed by atoms with van der Waals surface area (Å²) in [6, 6.07) is 17.8. The quantitative estimate of drug-likeness (QED) is 0.653. The number of carbonyl (C=O) groups is 1. The number of pyridine rings is 1. The van der Waals surface area contributed by atoms with E-state index in [0.29, 0.717) is 15.7 Å². The van der Waals surface area contributed by atoms with Gasteiger partial charge in [0, 0.05) is 18.1 Å². The van der Waals surface area contributed by atoms with Gasteiger partial charge in [-0.25, -0.2) is 4.79 Å². The number of halogens is 2. The predicted molar refractivity (Wildman–Crippen MR) is 101 cm³/mol. The number of nitrogens with zero attached hydrogens (tertiary/aromatic N) is 1. The lowest BCUT2D eigenvalue weighted by atomic mass is 10.00. The van der Waals surface area contributed by atoms with Crippen molar-refractivity contribution in [2.45, 2.75) is 6.04 Å². The van der Waals surface area contributed by atoms with Gasteiger partial charge in [0.1, 0.15) is 0 Å². The Hall–Kier alpha value is -2.56. The molecule has 0 aliphatic heterocycles. The monoisotopic (exact) mass is 371 g/mol. The smallest absolute Gasteiger partial charge is 0.319 e. The standard InChI is InChI=1S/C19H15Cl2N3O/c20-16-7-6-15(12-17(16)21)23-19(25)24-18(13-4-2-1-3-5-13)14-8-10-22-11-9-14/h1-12,18H,(H2,23,24,25). The van der Waals surface area contributed by atoms with Crippen molar-refractivity contribution in [3.8, 4) is 0 Å². The van der Waals surface area contributed by atoms with E-state index in [0.717, 1.165) is 11.1 Å². The van der Waals surface area contributed by atoms with E-state index >= 15 is 0 Å². The van der Waals surface area contributed by atoms with E-state index in [2.05, 4.69) is 15.6 Å². The number of rotatable bonds is 4. The van der Waals surface area contributed by atoms with Gasteiger partial charge in [-0.15, -0.1) is 0 Å². The fourth-order valence-corrected chi connectivity index (χ4v) is 2.73. The van der Waals surface area contributed by atoms with E-state index < -0.39 is 0 Å². The lowest BCUT2D eigenvalue weighted by molar-refractivity contribution is 0.250. The minimum Gasteiger partial charge on any atom is -0.327 e. The number of benzene rings is 2. The van der Waals surface area contributed by atoms with Gasteiger partial charge < -0.3 is 10.6 Å². The van der Waals surface area contributed by atoms with Crippen LogP contribution in [0.2, 0.25) is 10.0 Å². The van der Waals surface area contributed by atoms with Crippen molar-refractivity contribution in [1.29, 1.82) is 0 Å². The maximum absolute atomic E-state index is 12.5. The Kier molecular flexibility index (Phi) is 5.53. The van der Waals surface area contributed by atoms with Crippen molar-refractivity contribution in [2.24, 2.45) is 0 Å². The molecule has 0 radical (unpaired) electrons. The molecule has 3 rings (SSSR count). The second kappa shape index (κ2) is 8.01. The first-order valence-corrected chi connectivity index (χ1v) is 8.36. The van der Waals surface area contributed by atoms with Gasteiger partial charge in [-0.1, -0.05) is 53.5 Å². The highest BCUT2D eigenvalue weighted by Crippen LogP contribution is 2.25. The van der Waals surface area contributed by atoms with Gasteiger partial charge in [-0.2, -0.15) is 0 Å². The van der Waals surface area contributed by atoms with Crippen molar-refractivity contribution in [2.75, 3.05) is 5.32 Å². The molecule has 3 aromatic rings. The van der Waals surface area contributed by atoms with Crippen LogP contribution in [0, 0.1) is 0 Å². The van der Waals surface area contributed by atoms with Crippen LogP contribution in [0.5, 0.6) is 0 Å². The zero-order chi connectivity index (χ0) is 17.6. The fourth-order valence-electron chi connectivity index (χ4n) is 2.43. The average Bonchev–Trinajstić information content (AvgIpc) is 2.64. The second-order valence-electron chi connectivity index (χ2n) is 5.35. The first-order valence-electron chi connectivity index (χ1n) is 7.61. The Balaban J connectivity index is 1.80. The molecular weight excluding hydrogens is 357 g/mol. The molecule has 126 valence electrons. The van der Waals surface area contributed by atoms with Gasteiger partial charge in [-0.05, 0) is 41.5 Å². The van der Waals surface area contributed by atoms with Gasteiger partial charge in [-0.3, -0.25) is 4.98 Å². The van der Waals surface area contributed by atoms with Crippen LogP contribution in [0.25, 0.3) is 0 Å². The van der Waals surface area contributed by atoms with Crippen LogP contribution in [0.3, 0.4) is 0 Å². The molecule has 0 spiro atoms. The molecule has 0 aliphatic rings. The molecule has 1 unspecified atom stereocenters. The Labute approximate surface area is 155 Å². The minimum atomic E-state index is -0.343. The minimum absolute atomic E-state index is 0.299. The molecule has 1 aromatic heterocycles. The van der Waals surface area contributed by atoms with E-state index in [1.54, 1.807) is 30.6 Å². The molecule has 0 aliphatic carbocycles. The molecule has 4 nitrogen and oxygen atoms in total. The zero-order valence-corrected chi connectivity index (χ0v) is 14.6. The third-order valence-electron chi connectivity index (χ3n) is 3.63. The molecule has 6 heteroatoms. The molecule has 2 aromatic carbocycles. The van der Waals surface area contributed by atoms with Crippen molar-refractivity contribution < 1.29 is 4.79 Å². The summed E-state index contributed by atoms with van der Waals surface area (Å²) in [4.78, 5) is 16.5. The third-order valence-corrected chi connectivity index (χ3v) is 4.36. The van der Waals surface area contributed by atoms with Crippen molar-refractivity contribution in [1.82, 2.24) is 10.3 Å². The molecule has 1 heterocycles. The van der Waals surface area contributed by atoms with Gasteiger partial charge in [0.2, 0.25) is 0 Å². The number of aromatic nitrogens is 1. The molecule has 25 heavy (non-hydrogen) atoms. The lowest BCUT2D eigenvalue weighted by Gasteiger charge is -2.20. The molecule has 2 amide bonds. The van der Waals surface area contributed by atoms with Gasteiger partial charge in [0.05, 0.1) is 16.1 Å². The molecule has 0 fully saturated rings. The number of amides is 2. The third kappa shape index (κ3) is 4.50. The molecule has 2 N–H and O–H groups in total. The van der Waals surface area contributed by atoms with Crippen LogP contribution < -0.4 is 10.6 Å². The van der Waals surface area contributed by atoms with Crippen LogP contribution in [-0.4, -0.2) is 11.0 Å². The number of nitrogens with one attached hydrogen (secondary N) is 2. The Morgan fingerprint density at radius 2 is 1.56 bits per heavy atom. The summed E-state index contributed by atoms with van der Waals surface area (Å²) in [5.41, 5.74) is 2.47. The number of anilines is 1. The zero-order valence-electron chi connectivity index (χ0n) is 13.1. The van der Waals surface area contributed by atoms with Crippen molar-refractivity contribution in [3.63, 3.8) is 0 Å². The normalized spacial score (nSPS) is 11.6. The van der Waals surface area contributed by atoms with Crippen LogP contribution in [-0.2, 0) is 0 Å². The highest BCUT2D eigenvalue weighted by atomic mass is 35.5. The molecule has 1 atom stereocenters. The van der Waals surface area contributed by atoms with E-state index in [1.165, 1.54) is 0 Å². The maximum atomic E-state index is 12.5. The van der Waals surface area contributed by atoms with Crippen LogP contribution in [0.4, 0.5) is 10.5 Å². The SMILES string of the molecule is O=C(Nc1ccc(Cl)c(Cl)c1)NC(c1ccccc1)c1ccncc1. The summed E-state index contributed by atoms with van der Waals surface area (Å²) in [5.74, 6) is 0. The van der Waals surface area contributed by atoms with E-state index in [1.807, 2.05) is 42.5 Å². The van der Waals surface area contributed by atoms with Gasteiger partial charge in [0.25, 0.3) is 0 Å². The number of hydrogen-bond acceptors (Lipinski definition) is 2. The summed E-state index contributed by atoms with van der Waals surface area (Å²) < 4.78 is 0. The first-order chi connectivity index (χ1) is 12.1. The molecule has 0 saturated carbocycles. The van der Waals surface area contributed by atoms with E-state index in [-0.39, 0.29) is 12.1 Å². The highest BCUT2D eigenvalue weighted by molar-refractivity contribution is 6.42. The van der Waals surface area contributed by atoms with E-state index in [9.17, 15) is 4.79 Å². The molecule has 0 saturated heterocycles. The summed E-state index contributed by atoms with van der Waals surface area (Å²) in [7, 11) is 0. The first kappa shape index (κ1) is 17.3. The lowest BCUT2D eigenvalue weighted by Crippen LogP contribution is -2.33. The second-order valence-corrected chi connectivity index (χ2v) is 6.17. The number of hydrogen-bond donors (Lipinski definition) is 2. The molecule has 0 bridgehead atoms. The summed E-state index contributed by atoms with van der Waals surface area (Å²) in [6.45, 7) is 0. The Bertz CT molecular complexity index is 818. The number of carbonyl (C=O) groups excluding carboxylic acids is 1. The Morgan fingerprint density at radius 1 is 0.880 bits per heavy atom. The largest absolute Gasteiger partial charge is 0.327 e. The fraction of sp³-hybridized carbons (Fsp3) is 0.0526. The Morgan fingerprint density at radius 3 is 2.24 bits per heavy atom. The van der Waals surface area contributed by atoms with Crippen molar-refractivity contribution >= 4 is 34.9 Å². The van der Waals surface area contributed by atoms with Crippen LogP contribution in [0.1, 0.15) is 17.2 Å². The predicted octanol–water partition coefficient (Wildman–Crippen LogP) is 5.30. The summed E-state index contributed by atoms with van der Waals surface area (Å²) in [5, 5.41) is 6.57. The van der Waals surface area contributed by atoms with Gasteiger partial charge in [0.15, 0.2) is 0 Å². The van der Waals surface area contributed by atoms with Crippen molar-refractivity contribution in [3.05, 3.63) is 94.2 Å². The summed E-state index contributed by atoms with van der Waals surface area (Å²) >= 11 is 11.9. The highest BCUT2D eigenvalue weighted by Gasteiger charge is 2.16. The number of urea groups is 1. The molecular formula is C19H15Cl2N3O. The van der Waals surface area contributed by atoms with Crippen LogP contribution >= 0.6 is 23.2 Å². The topological polar surface area (TPSA) is 54.0 Å². The van der Waals surface area contributed by atoms with Gasteiger partial charge >= 0.3 is 6.03 Å².